The maximum atomic E-state index is 13.4. The normalized spacial score (nSPS) is 11.0. The number of aliphatic hydroxyl groups is 1. The van der Waals surface area contributed by atoms with Gasteiger partial charge in [-0.05, 0) is 54.8 Å². The molecule has 1 aromatic heterocycles. The van der Waals surface area contributed by atoms with E-state index < -0.39 is 11.4 Å². The van der Waals surface area contributed by atoms with E-state index in [4.69, 9.17) is 0 Å². The molecular formula is C24H26FN3O3. The monoisotopic (exact) mass is 423 g/mol. The van der Waals surface area contributed by atoms with Crippen molar-refractivity contribution in [2.75, 3.05) is 11.9 Å². The fourth-order valence-corrected chi connectivity index (χ4v) is 3.36. The van der Waals surface area contributed by atoms with Crippen molar-refractivity contribution in [3.05, 3.63) is 81.5 Å². The molecule has 2 aromatic carbocycles. The van der Waals surface area contributed by atoms with Crippen molar-refractivity contribution in [1.29, 1.82) is 0 Å². The molecule has 3 aromatic rings. The Morgan fingerprint density at radius 1 is 1.13 bits per heavy atom. The lowest BCUT2D eigenvalue weighted by Crippen LogP contribution is -2.33. The van der Waals surface area contributed by atoms with Gasteiger partial charge in [-0.25, -0.2) is 9.37 Å². The molecule has 0 saturated heterocycles. The number of anilines is 1. The van der Waals surface area contributed by atoms with Gasteiger partial charge in [-0.2, -0.15) is 0 Å². The molecular weight excluding hydrogens is 397 g/mol. The van der Waals surface area contributed by atoms with Crippen LogP contribution in [0, 0.1) is 12.7 Å². The summed E-state index contributed by atoms with van der Waals surface area (Å²) in [5.74, 6) is -0.142. The second-order valence-electron chi connectivity index (χ2n) is 7.70. The van der Waals surface area contributed by atoms with E-state index in [1.165, 1.54) is 28.8 Å². The number of aryl methyl sites for hydroxylation is 1. The molecule has 31 heavy (non-hydrogen) atoms. The molecule has 0 bridgehead atoms. The number of amides is 1. The zero-order chi connectivity index (χ0) is 22.5. The number of aromatic nitrogens is 2. The van der Waals surface area contributed by atoms with Gasteiger partial charge in [0.05, 0.1) is 0 Å². The molecule has 0 aliphatic carbocycles. The van der Waals surface area contributed by atoms with E-state index in [-0.39, 0.29) is 31.3 Å². The summed E-state index contributed by atoms with van der Waals surface area (Å²) in [5.41, 5.74) is 2.73. The fraction of sp³-hybridized carbons (Fsp3) is 0.292. The third kappa shape index (κ3) is 5.24. The lowest BCUT2D eigenvalue weighted by Gasteiger charge is -2.16. The fourth-order valence-electron chi connectivity index (χ4n) is 3.36. The van der Waals surface area contributed by atoms with E-state index in [9.17, 15) is 19.1 Å². The van der Waals surface area contributed by atoms with Crippen molar-refractivity contribution in [2.24, 2.45) is 0 Å². The SMILES string of the molecule is Cc1nc(-c2ccc(F)cc2)n(CC(=O)Nc2ccc(C(C)C)cc2)c(=O)c1CCO. The number of rotatable bonds is 7. The van der Waals surface area contributed by atoms with E-state index in [0.717, 1.165) is 5.56 Å². The Morgan fingerprint density at radius 2 is 1.77 bits per heavy atom. The molecule has 7 heteroatoms. The van der Waals surface area contributed by atoms with Gasteiger partial charge in [-0.15, -0.1) is 0 Å². The van der Waals surface area contributed by atoms with Gasteiger partial charge in [-0.3, -0.25) is 14.2 Å². The molecule has 162 valence electrons. The van der Waals surface area contributed by atoms with E-state index >= 15 is 0 Å². The van der Waals surface area contributed by atoms with Gasteiger partial charge in [0.25, 0.3) is 5.56 Å². The molecule has 0 aliphatic heterocycles. The van der Waals surface area contributed by atoms with Crippen LogP contribution in [-0.2, 0) is 17.8 Å². The highest BCUT2D eigenvalue weighted by molar-refractivity contribution is 5.90. The van der Waals surface area contributed by atoms with Gasteiger partial charge in [0, 0.05) is 35.5 Å². The number of nitrogens with one attached hydrogen (secondary N) is 1. The minimum atomic E-state index is -0.408. The molecule has 0 spiro atoms. The largest absolute Gasteiger partial charge is 0.396 e. The molecule has 3 rings (SSSR count). The summed E-state index contributed by atoms with van der Waals surface area (Å²) in [6.07, 6.45) is 0.139. The van der Waals surface area contributed by atoms with Gasteiger partial charge in [-0.1, -0.05) is 26.0 Å². The molecule has 0 atom stereocenters. The molecule has 1 heterocycles. The van der Waals surface area contributed by atoms with Crippen LogP contribution in [0.2, 0.25) is 0 Å². The van der Waals surface area contributed by atoms with Gasteiger partial charge >= 0.3 is 0 Å². The maximum Gasteiger partial charge on any atom is 0.257 e. The number of halogens is 1. The number of hydrogen-bond donors (Lipinski definition) is 2. The van der Waals surface area contributed by atoms with Crippen LogP contribution in [0.4, 0.5) is 10.1 Å². The van der Waals surface area contributed by atoms with Gasteiger partial charge in [0.1, 0.15) is 18.2 Å². The summed E-state index contributed by atoms with van der Waals surface area (Å²) in [4.78, 5) is 30.3. The highest BCUT2D eigenvalue weighted by Gasteiger charge is 2.18. The molecule has 0 aliphatic rings. The Morgan fingerprint density at radius 3 is 2.35 bits per heavy atom. The number of benzene rings is 2. The smallest absolute Gasteiger partial charge is 0.257 e. The zero-order valence-corrected chi connectivity index (χ0v) is 17.9. The number of carbonyl (C=O) groups is 1. The summed E-state index contributed by atoms with van der Waals surface area (Å²) in [5, 5.41) is 12.1. The predicted octanol–water partition coefficient (Wildman–Crippen LogP) is 3.65. The first-order valence-electron chi connectivity index (χ1n) is 10.2. The second kappa shape index (κ2) is 9.66. The van der Waals surface area contributed by atoms with Crippen LogP contribution in [0.3, 0.4) is 0 Å². The topological polar surface area (TPSA) is 84.2 Å². The molecule has 2 N–H and O–H groups in total. The first-order chi connectivity index (χ1) is 14.8. The molecule has 0 fully saturated rings. The minimum Gasteiger partial charge on any atom is -0.396 e. The summed E-state index contributed by atoms with van der Waals surface area (Å²) in [6, 6.07) is 13.1. The number of carbonyl (C=O) groups excluding carboxylic acids is 1. The summed E-state index contributed by atoms with van der Waals surface area (Å²) in [6.45, 7) is 5.39. The van der Waals surface area contributed by atoms with E-state index in [2.05, 4.69) is 24.1 Å². The van der Waals surface area contributed by atoms with Crippen molar-refractivity contribution in [3.63, 3.8) is 0 Å². The van der Waals surface area contributed by atoms with Crippen LogP contribution in [0.5, 0.6) is 0 Å². The number of aliphatic hydroxyl groups excluding tert-OH is 1. The highest BCUT2D eigenvalue weighted by atomic mass is 19.1. The summed E-state index contributed by atoms with van der Waals surface area (Å²) in [7, 11) is 0. The minimum absolute atomic E-state index is 0.139. The van der Waals surface area contributed by atoms with Crippen molar-refractivity contribution in [1.82, 2.24) is 9.55 Å². The van der Waals surface area contributed by atoms with Gasteiger partial charge in [0.2, 0.25) is 5.91 Å². The Balaban J connectivity index is 1.95. The standard InChI is InChI=1S/C24H26FN3O3/c1-15(2)17-6-10-20(11-7-17)27-22(30)14-28-23(18-4-8-19(25)9-5-18)26-16(3)21(12-13-29)24(28)31/h4-11,15,29H,12-14H2,1-3H3,(H,27,30). The third-order valence-electron chi connectivity index (χ3n) is 5.10. The summed E-state index contributed by atoms with van der Waals surface area (Å²) < 4.78 is 14.6. The molecule has 6 nitrogen and oxygen atoms in total. The van der Waals surface area contributed by atoms with E-state index in [1.807, 2.05) is 24.3 Å². The van der Waals surface area contributed by atoms with Crippen LogP contribution < -0.4 is 10.9 Å². The van der Waals surface area contributed by atoms with Crippen LogP contribution >= 0.6 is 0 Å². The van der Waals surface area contributed by atoms with E-state index in [0.29, 0.717) is 28.4 Å². The first kappa shape index (κ1) is 22.4. The Hall–Kier alpha value is -3.32. The molecule has 0 saturated carbocycles. The van der Waals surface area contributed by atoms with Crippen LogP contribution in [-0.4, -0.2) is 27.2 Å². The van der Waals surface area contributed by atoms with E-state index in [1.54, 1.807) is 6.92 Å². The summed E-state index contributed by atoms with van der Waals surface area (Å²) >= 11 is 0. The Bertz CT molecular complexity index is 1120. The quantitative estimate of drug-likeness (QED) is 0.608. The van der Waals surface area contributed by atoms with Gasteiger partial charge in [0.15, 0.2) is 0 Å². The van der Waals surface area contributed by atoms with Crippen LogP contribution in [0.25, 0.3) is 11.4 Å². The highest BCUT2D eigenvalue weighted by Crippen LogP contribution is 2.20. The van der Waals surface area contributed by atoms with Crippen LogP contribution in [0.15, 0.2) is 53.3 Å². The molecule has 1 amide bonds. The lowest BCUT2D eigenvalue weighted by atomic mass is 10.0. The number of nitrogens with zero attached hydrogens (tertiary/aromatic N) is 2. The molecule has 0 unspecified atom stereocenters. The van der Waals surface area contributed by atoms with Crippen molar-refractivity contribution in [3.8, 4) is 11.4 Å². The maximum absolute atomic E-state index is 13.4. The zero-order valence-electron chi connectivity index (χ0n) is 17.9. The van der Waals surface area contributed by atoms with Crippen molar-refractivity contribution >= 4 is 11.6 Å². The Labute approximate surface area is 180 Å². The average molecular weight is 423 g/mol. The lowest BCUT2D eigenvalue weighted by molar-refractivity contribution is -0.116. The Kier molecular flexibility index (Phi) is 6.97. The molecule has 0 radical (unpaired) electrons. The van der Waals surface area contributed by atoms with Crippen LogP contribution in [0.1, 0.15) is 36.6 Å². The second-order valence-corrected chi connectivity index (χ2v) is 7.70. The predicted molar refractivity (Wildman–Crippen MR) is 119 cm³/mol. The van der Waals surface area contributed by atoms with Gasteiger partial charge < -0.3 is 10.4 Å². The first-order valence-corrected chi connectivity index (χ1v) is 10.2. The number of hydrogen-bond acceptors (Lipinski definition) is 4. The van der Waals surface area contributed by atoms with Crippen molar-refractivity contribution < 1.29 is 14.3 Å². The average Bonchev–Trinajstić information content (AvgIpc) is 2.74. The third-order valence-corrected chi connectivity index (χ3v) is 5.10. The van der Waals surface area contributed by atoms with Crippen molar-refractivity contribution in [2.45, 2.75) is 39.7 Å².